The van der Waals surface area contributed by atoms with Crippen molar-refractivity contribution in [2.45, 2.75) is 179 Å². The minimum atomic E-state index is -1.32. The molecule has 0 aromatic heterocycles. The first-order valence-corrected chi connectivity index (χ1v) is 20.3. The lowest BCUT2D eigenvalue weighted by Gasteiger charge is -2.35. The SMILES string of the molecule is O=C(OCC(OC(=O)C1CCCCC1)C(OC(=O)C1CCCCC1)C(COC(=O)C1CCCCC1)OC(=O)C1CCCCC1)C1CCCCC1. The standard InChI is InChI=1S/C40H62O10/c41-36(28-16-6-1-7-17-28)46-26-33(48-38(43)30-20-10-3-11-21-30)35(50-40(45)32-24-14-5-15-25-32)34(49-39(44)31-22-12-4-13-23-31)27-47-37(42)29-18-8-2-9-19-29/h28-35H,1-27H2. The number of carbonyl (C=O) groups excluding carboxylic acids is 5. The van der Waals surface area contributed by atoms with E-state index in [0.29, 0.717) is 38.5 Å². The van der Waals surface area contributed by atoms with Gasteiger partial charge in [0, 0.05) is 0 Å². The van der Waals surface area contributed by atoms with Crippen LogP contribution in [-0.4, -0.2) is 61.4 Å². The molecule has 0 N–H and O–H groups in total. The Morgan fingerprint density at radius 3 is 0.860 bits per heavy atom. The summed E-state index contributed by atoms with van der Waals surface area (Å²) in [5, 5.41) is 0. The Morgan fingerprint density at radius 2 is 0.580 bits per heavy atom. The molecule has 5 rings (SSSR count). The number of esters is 5. The smallest absolute Gasteiger partial charge is 0.309 e. The zero-order chi connectivity index (χ0) is 35.1. The Kier molecular flexibility index (Phi) is 15.7. The summed E-state index contributed by atoms with van der Waals surface area (Å²) < 4.78 is 30.4. The van der Waals surface area contributed by atoms with Gasteiger partial charge in [-0.2, -0.15) is 0 Å². The van der Waals surface area contributed by atoms with Crippen LogP contribution >= 0.6 is 0 Å². The van der Waals surface area contributed by atoms with Crippen molar-refractivity contribution in [2.75, 3.05) is 13.2 Å². The van der Waals surface area contributed by atoms with E-state index in [1.54, 1.807) is 0 Å². The second-order valence-corrected chi connectivity index (χ2v) is 15.8. The predicted molar refractivity (Wildman–Crippen MR) is 184 cm³/mol. The summed E-state index contributed by atoms with van der Waals surface area (Å²) in [6.45, 7) is -0.686. The van der Waals surface area contributed by atoms with Gasteiger partial charge in [-0.05, 0) is 64.2 Å². The second-order valence-electron chi connectivity index (χ2n) is 15.8. The largest absolute Gasteiger partial charge is 0.461 e. The van der Waals surface area contributed by atoms with Crippen LogP contribution < -0.4 is 0 Å². The maximum absolute atomic E-state index is 13.8. The zero-order valence-corrected chi connectivity index (χ0v) is 30.3. The van der Waals surface area contributed by atoms with Crippen LogP contribution in [0.3, 0.4) is 0 Å². The lowest BCUT2D eigenvalue weighted by atomic mass is 9.89. The van der Waals surface area contributed by atoms with E-state index in [9.17, 15) is 24.0 Å². The molecule has 10 heteroatoms. The van der Waals surface area contributed by atoms with Gasteiger partial charge in [-0.15, -0.1) is 0 Å². The summed E-state index contributed by atoms with van der Waals surface area (Å²) in [4.78, 5) is 67.9. The fourth-order valence-electron chi connectivity index (χ4n) is 8.76. The molecule has 0 aromatic carbocycles. The van der Waals surface area contributed by atoms with Gasteiger partial charge in [0.25, 0.3) is 0 Å². The van der Waals surface area contributed by atoms with Gasteiger partial charge in [0.15, 0.2) is 18.3 Å². The van der Waals surface area contributed by atoms with Crippen molar-refractivity contribution in [3.8, 4) is 0 Å². The van der Waals surface area contributed by atoms with Crippen LogP contribution in [0, 0.1) is 29.6 Å². The summed E-state index contributed by atoms with van der Waals surface area (Å²) in [7, 11) is 0. The van der Waals surface area contributed by atoms with Crippen LogP contribution in [0.25, 0.3) is 0 Å². The van der Waals surface area contributed by atoms with Crippen LogP contribution in [0.15, 0.2) is 0 Å². The highest BCUT2D eigenvalue weighted by molar-refractivity contribution is 5.76. The topological polar surface area (TPSA) is 132 Å². The molecule has 0 saturated heterocycles. The van der Waals surface area contributed by atoms with Crippen molar-refractivity contribution in [1.29, 1.82) is 0 Å². The summed E-state index contributed by atoms with van der Waals surface area (Å²) in [6.07, 6.45) is 17.9. The molecule has 0 bridgehead atoms. The number of ether oxygens (including phenoxy) is 5. The van der Waals surface area contributed by atoms with Gasteiger partial charge in [0.2, 0.25) is 0 Å². The number of carbonyl (C=O) groups is 5. The summed E-state index contributed by atoms with van der Waals surface area (Å²) >= 11 is 0. The van der Waals surface area contributed by atoms with Crippen LogP contribution in [0.1, 0.15) is 161 Å². The molecule has 0 aliphatic heterocycles. The molecule has 5 aliphatic carbocycles. The molecule has 0 heterocycles. The lowest BCUT2D eigenvalue weighted by Crippen LogP contribution is -2.51. The highest BCUT2D eigenvalue weighted by Crippen LogP contribution is 2.32. The number of hydrogen-bond donors (Lipinski definition) is 0. The molecule has 5 aliphatic rings. The quantitative estimate of drug-likeness (QED) is 0.131. The molecular formula is C40H62O10. The van der Waals surface area contributed by atoms with Gasteiger partial charge >= 0.3 is 29.8 Å². The zero-order valence-electron chi connectivity index (χ0n) is 30.3. The van der Waals surface area contributed by atoms with E-state index in [2.05, 4.69) is 0 Å². The van der Waals surface area contributed by atoms with Gasteiger partial charge < -0.3 is 23.7 Å². The third-order valence-corrected chi connectivity index (χ3v) is 12.0. The lowest BCUT2D eigenvalue weighted by molar-refractivity contribution is -0.203. The number of hydrogen-bond acceptors (Lipinski definition) is 10. The first-order chi connectivity index (χ1) is 24.4. The number of rotatable bonds is 14. The third kappa shape index (κ3) is 11.7. The fourth-order valence-corrected chi connectivity index (χ4v) is 8.76. The molecule has 0 amide bonds. The van der Waals surface area contributed by atoms with E-state index in [1.165, 1.54) is 0 Å². The van der Waals surface area contributed by atoms with Gasteiger partial charge in [-0.1, -0.05) is 96.3 Å². The highest BCUT2D eigenvalue weighted by Gasteiger charge is 2.43. The van der Waals surface area contributed by atoms with Crippen LogP contribution in [0.5, 0.6) is 0 Å². The monoisotopic (exact) mass is 702 g/mol. The van der Waals surface area contributed by atoms with Crippen molar-refractivity contribution < 1.29 is 47.7 Å². The normalized spacial score (nSPS) is 23.9. The van der Waals surface area contributed by atoms with E-state index < -0.39 is 36.2 Å². The maximum Gasteiger partial charge on any atom is 0.309 e. The van der Waals surface area contributed by atoms with Gasteiger partial charge in [0.05, 0.1) is 29.6 Å². The molecule has 2 unspecified atom stereocenters. The Labute approximate surface area is 298 Å². The summed E-state index contributed by atoms with van der Waals surface area (Å²) in [6, 6.07) is 0. The minimum Gasteiger partial charge on any atom is -0.461 e. The average Bonchev–Trinajstić information content (AvgIpc) is 3.18. The van der Waals surface area contributed by atoms with E-state index >= 15 is 0 Å². The van der Waals surface area contributed by atoms with E-state index in [4.69, 9.17) is 23.7 Å². The summed E-state index contributed by atoms with van der Waals surface area (Å²) in [5.41, 5.74) is 0. The highest BCUT2D eigenvalue weighted by atomic mass is 16.6. The van der Waals surface area contributed by atoms with Crippen molar-refractivity contribution in [3.63, 3.8) is 0 Å². The van der Waals surface area contributed by atoms with Crippen molar-refractivity contribution >= 4 is 29.8 Å². The first-order valence-electron chi connectivity index (χ1n) is 20.3. The van der Waals surface area contributed by atoms with Crippen molar-refractivity contribution in [3.05, 3.63) is 0 Å². The predicted octanol–water partition coefficient (Wildman–Crippen LogP) is 7.71. The molecule has 0 spiro atoms. The van der Waals surface area contributed by atoms with Crippen LogP contribution in [0.2, 0.25) is 0 Å². The first kappa shape index (κ1) is 38.6. The fraction of sp³-hybridized carbons (Fsp3) is 0.875. The average molecular weight is 703 g/mol. The molecular weight excluding hydrogens is 640 g/mol. The molecule has 0 radical (unpaired) electrons. The van der Waals surface area contributed by atoms with Crippen LogP contribution in [-0.2, 0) is 47.7 Å². The molecule has 0 aromatic rings. The molecule has 10 nitrogen and oxygen atoms in total. The van der Waals surface area contributed by atoms with Gasteiger partial charge in [-0.3, -0.25) is 24.0 Å². The van der Waals surface area contributed by atoms with E-state index in [-0.39, 0.29) is 54.7 Å². The van der Waals surface area contributed by atoms with Crippen LogP contribution in [0.4, 0.5) is 0 Å². The van der Waals surface area contributed by atoms with E-state index in [0.717, 1.165) is 122 Å². The Balaban J connectivity index is 1.42. The van der Waals surface area contributed by atoms with Crippen molar-refractivity contribution in [1.82, 2.24) is 0 Å². The van der Waals surface area contributed by atoms with Gasteiger partial charge in [0.1, 0.15) is 13.2 Å². The molecule has 5 saturated carbocycles. The van der Waals surface area contributed by atoms with Crippen molar-refractivity contribution in [2.24, 2.45) is 29.6 Å². The maximum atomic E-state index is 13.8. The van der Waals surface area contributed by atoms with E-state index in [1.807, 2.05) is 0 Å². The third-order valence-electron chi connectivity index (χ3n) is 12.0. The summed E-state index contributed by atoms with van der Waals surface area (Å²) in [5.74, 6) is -3.49. The van der Waals surface area contributed by atoms with Gasteiger partial charge in [-0.25, -0.2) is 0 Å². The molecule has 5 fully saturated rings. The Morgan fingerprint density at radius 1 is 0.340 bits per heavy atom. The molecule has 282 valence electrons. The Hall–Kier alpha value is -2.65. The molecule has 2 atom stereocenters. The Bertz CT molecular complexity index is 1020. The minimum absolute atomic E-state index is 0.238. The second kappa shape index (κ2) is 20.4. The molecule has 50 heavy (non-hydrogen) atoms.